The van der Waals surface area contributed by atoms with Crippen LogP contribution in [0.4, 0.5) is 5.69 Å². The number of imide groups is 1. The number of hydrogen-bond donors (Lipinski definition) is 3. The number of hydrogen-bond acceptors (Lipinski definition) is 6. The van der Waals surface area contributed by atoms with E-state index in [1.54, 1.807) is 43.5 Å². The van der Waals surface area contributed by atoms with Crippen LogP contribution in [0.1, 0.15) is 29.5 Å². The summed E-state index contributed by atoms with van der Waals surface area (Å²) >= 11 is 6.35. The molecular formula is C25H25ClN4O5. The van der Waals surface area contributed by atoms with Crippen LogP contribution in [-0.4, -0.2) is 41.7 Å². The minimum atomic E-state index is -1.47. The first-order valence-corrected chi connectivity index (χ1v) is 11.7. The van der Waals surface area contributed by atoms with Crippen molar-refractivity contribution in [3.8, 4) is 5.75 Å². The van der Waals surface area contributed by atoms with Crippen molar-refractivity contribution in [2.75, 3.05) is 12.4 Å². The highest BCUT2D eigenvalue weighted by molar-refractivity contribution is 6.31. The Balaban J connectivity index is 1.58. The number of anilines is 1. The third-order valence-electron chi connectivity index (χ3n) is 7.28. The molecule has 3 aliphatic rings. The molecule has 2 saturated heterocycles. The zero-order valence-corrected chi connectivity index (χ0v) is 20.0. The van der Waals surface area contributed by atoms with Gasteiger partial charge in [0.25, 0.3) is 0 Å². The van der Waals surface area contributed by atoms with E-state index >= 15 is 0 Å². The molecule has 10 heteroatoms. The average Bonchev–Trinajstić information content (AvgIpc) is 3.39. The van der Waals surface area contributed by atoms with Crippen molar-refractivity contribution in [1.82, 2.24) is 10.2 Å². The van der Waals surface area contributed by atoms with E-state index in [0.717, 1.165) is 11.1 Å². The number of aryl methyl sites for hydroxylation is 1. The molecule has 0 unspecified atom stereocenters. The first-order valence-electron chi connectivity index (χ1n) is 11.3. The van der Waals surface area contributed by atoms with E-state index in [4.69, 9.17) is 22.1 Å². The number of nitrogens with zero attached hydrogens (tertiary/aromatic N) is 1. The van der Waals surface area contributed by atoms with Gasteiger partial charge in [-0.25, -0.2) is 0 Å². The second kappa shape index (κ2) is 8.35. The predicted molar refractivity (Wildman–Crippen MR) is 127 cm³/mol. The number of methoxy groups -OCH3 is 1. The van der Waals surface area contributed by atoms with Gasteiger partial charge in [-0.15, -0.1) is 0 Å². The number of nitrogens with one attached hydrogen (secondary N) is 2. The number of amides is 4. The van der Waals surface area contributed by atoms with Gasteiger partial charge < -0.3 is 15.8 Å². The fourth-order valence-corrected chi connectivity index (χ4v) is 5.98. The Morgan fingerprint density at radius 1 is 1.17 bits per heavy atom. The molecule has 0 aliphatic carbocycles. The van der Waals surface area contributed by atoms with E-state index < -0.39 is 41.1 Å². The van der Waals surface area contributed by atoms with Gasteiger partial charge in [0.05, 0.1) is 25.5 Å². The molecule has 0 aromatic heterocycles. The number of nitrogens with two attached hydrogens (primary N) is 1. The quantitative estimate of drug-likeness (QED) is 0.523. The lowest BCUT2D eigenvalue weighted by atomic mass is 9.76. The van der Waals surface area contributed by atoms with E-state index in [-0.39, 0.29) is 25.3 Å². The summed E-state index contributed by atoms with van der Waals surface area (Å²) in [5.74, 6) is -2.90. The summed E-state index contributed by atoms with van der Waals surface area (Å²) in [4.78, 5) is 53.7. The fraction of sp³-hybridized carbons (Fsp3) is 0.360. The lowest BCUT2D eigenvalue weighted by molar-refractivity contribution is -0.143. The van der Waals surface area contributed by atoms with Crippen LogP contribution in [0.15, 0.2) is 36.4 Å². The molecule has 0 bridgehead atoms. The van der Waals surface area contributed by atoms with Crippen LogP contribution in [-0.2, 0) is 31.3 Å². The predicted octanol–water partition coefficient (Wildman–Crippen LogP) is 1.84. The largest absolute Gasteiger partial charge is 0.497 e. The number of halogens is 1. The molecule has 2 aromatic rings. The van der Waals surface area contributed by atoms with Crippen molar-refractivity contribution in [3.63, 3.8) is 0 Å². The standard InChI is InChI=1S/C25H25ClN4O5/c1-12-9-14(26)10-16-21(12)28-24(34)25(16)20-19(17(29-25)7-8-18(27)31)22(32)30(23(20)33)11-13-3-5-15(35-2)6-4-13/h3-6,9-10,17,19-20,29H,7-8,11H2,1-2H3,(H2,27,31)(H,28,34)/t17-,19-,20-,25-/m0/s1. The summed E-state index contributed by atoms with van der Waals surface area (Å²) in [5.41, 5.74) is 6.52. The average molecular weight is 497 g/mol. The highest BCUT2D eigenvalue weighted by atomic mass is 35.5. The van der Waals surface area contributed by atoms with E-state index in [0.29, 0.717) is 22.0 Å². The Morgan fingerprint density at radius 2 is 1.89 bits per heavy atom. The Kier molecular flexibility index (Phi) is 5.56. The molecule has 2 aromatic carbocycles. The van der Waals surface area contributed by atoms with Crippen LogP contribution < -0.4 is 21.1 Å². The number of likely N-dealkylation sites (tertiary alicyclic amines) is 1. The number of ether oxygens (including phenoxy) is 1. The molecule has 3 aliphatic heterocycles. The Bertz CT molecular complexity index is 1260. The summed E-state index contributed by atoms with van der Waals surface area (Å²) in [6.07, 6.45) is 0.232. The number of rotatable bonds is 6. The molecule has 1 spiro atoms. The zero-order chi connectivity index (χ0) is 25.1. The normalized spacial score (nSPS) is 26.8. The molecular weight excluding hydrogens is 472 g/mol. The second-order valence-electron chi connectivity index (χ2n) is 9.28. The number of carbonyl (C=O) groups excluding carboxylic acids is 4. The summed E-state index contributed by atoms with van der Waals surface area (Å²) in [6.45, 7) is 1.88. The van der Waals surface area contributed by atoms with Crippen molar-refractivity contribution in [2.45, 2.75) is 37.9 Å². The van der Waals surface area contributed by atoms with Gasteiger partial charge in [0.15, 0.2) is 0 Å². The van der Waals surface area contributed by atoms with Crippen molar-refractivity contribution in [2.24, 2.45) is 17.6 Å². The third kappa shape index (κ3) is 3.49. The second-order valence-corrected chi connectivity index (χ2v) is 9.71. The molecule has 182 valence electrons. The molecule has 35 heavy (non-hydrogen) atoms. The first kappa shape index (κ1) is 23.3. The van der Waals surface area contributed by atoms with Gasteiger partial charge in [-0.1, -0.05) is 23.7 Å². The zero-order valence-electron chi connectivity index (χ0n) is 19.3. The van der Waals surface area contributed by atoms with Crippen molar-refractivity contribution in [3.05, 3.63) is 58.1 Å². The Morgan fingerprint density at radius 3 is 2.54 bits per heavy atom. The Labute approximate surface area is 206 Å². The number of benzene rings is 2. The van der Waals surface area contributed by atoms with Crippen LogP contribution in [0.3, 0.4) is 0 Å². The lowest BCUT2D eigenvalue weighted by Gasteiger charge is -2.29. The van der Waals surface area contributed by atoms with Gasteiger partial charge in [0.2, 0.25) is 23.6 Å². The van der Waals surface area contributed by atoms with Gasteiger partial charge in [-0.3, -0.25) is 29.4 Å². The molecule has 3 heterocycles. The monoisotopic (exact) mass is 496 g/mol. The Hall–Kier alpha value is -3.43. The molecule has 5 rings (SSSR count). The van der Waals surface area contributed by atoms with Crippen LogP contribution in [0.2, 0.25) is 5.02 Å². The fourth-order valence-electron chi connectivity index (χ4n) is 5.71. The summed E-state index contributed by atoms with van der Waals surface area (Å²) in [6, 6.07) is 9.87. The van der Waals surface area contributed by atoms with Crippen LogP contribution in [0, 0.1) is 18.8 Å². The van der Waals surface area contributed by atoms with E-state index in [9.17, 15) is 19.2 Å². The van der Waals surface area contributed by atoms with Gasteiger partial charge in [0, 0.05) is 28.7 Å². The lowest BCUT2D eigenvalue weighted by Crippen LogP contribution is -2.53. The van der Waals surface area contributed by atoms with Crippen molar-refractivity contribution in [1.29, 1.82) is 0 Å². The maximum atomic E-state index is 13.8. The molecule has 4 N–H and O–H groups in total. The highest BCUT2D eigenvalue weighted by Crippen LogP contribution is 2.54. The van der Waals surface area contributed by atoms with Crippen LogP contribution >= 0.6 is 11.6 Å². The summed E-state index contributed by atoms with van der Waals surface area (Å²) < 4.78 is 5.18. The van der Waals surface area contributed by atoms with Crippen molar-refractivity contribution >= 4 is 40.9 Å². The first-order chi connectivity index (χ1) is 16.7. The number of primary amides is 1. The molecule has 4 amide bonds. The summed E-state index contributed by atoms with van der Waals surface area (Å²) in [5, 5.41) is 6.59. The minimum absolute atomic E-state index is 0.0139. The molecule has 0 saturated carbocycles. The van der Waals surface area contributed by atoms with Gasteiger partial charge in [-0.2, -0.15) is 0 Å². The highest BCUT2D eigenvalue weighted by Gasteiger charge is 2.70. The minimum Gasteiger partial charge on any atom is -0.497 e. The topological polar surface area (TPSA) is 131 Å². The molecule has 4 atom stereocenters. The SMILES string of the molecule is COc1ccc(CN2C(=O)[C@H]3[C@H](CCC(N)=O)N[C@]4(C(=O)Nc5c(C)cc(Cl)cc54)[C@@H]3C2=O)cc1. The van der Waals surface area contributed by atoms with E-state index in [1.807, 2.05) is 6.92 Å². The van der Waals surface area contributed by atoms with Crippen LogP contribution in [0.5, 0.6) is 5.75 Å². The molecule has 9 nitrogen and oxygen atoms in total. The third-order valence-corrected chi connectivity index (χ3v) is 7.50. The molecule has 0 radical (unpaired) electrons. The number of fused-ring (bicyclic) bond motifs is 4. The van der Waals surface area contributed by atoms with Gasteiger partial charge in [-0.05, 0) is 48.7 Å². The van der Waals surface area contributed by atoms with E-state index in [2.05, 4.69) is 10.6 Å². The van der Waals surface area contributed by atoms with Gasteiger partial charge in [0.1, 0.15) is 11.3 Å². The maximum Gasteiger partial charge on any atom is 0.250 e. The van der Waals surface area contributed by atoms with Crippen molar-refractivity contribution < 1.29 is 23.9 Å². The summed E-state index contributed by atoms with van der Waals surface area (Å²) in [7, 11) is 1.56. The van der Waals surface area contributed by atoms with E-state index in [1.165, 1.54) is 4.90 Å². The number of carbonyl (C=O) groups is 4. The van der Waals surface area contributed by atoms with Gasteiger partial charge >= 0.3 is 0 Å². The smallest absolute Gasteiger partial charge is 0.250 e. The van der Waals surface area contributed by atoms with Crippen LogP contribution in [0.25, 0.3) is 0 Å². The molecule has 2 fully saturated rings. The maximum absolute atomic E-state index is 13.8.